The summed E-state index contributed by atoms with van der Waals surface area (Å²) in [6.45, 7) is 13.3. The van der Waals surface area contributed by atoms with E-state index < -0.39 is 5.60 Å². The molecular weight excluding hydrogens is 358 g/mol. The fourth-order valence-corrected chi connectivity index (χ4v) is 4.49. The van der Waals surface area contributed by atoms with Gasteiger partial charge in [-0.05, 0) is 46.5 Å². The van der Waals surface area contributed by atoms with Crippen LogP contribution in [0.1, 0.15) is 53.4 Å². The van der Waals surface area contributed by atoms with Gasteiger partial charge in [0.2, 0.25) is 5.91 Å². The Labute approximate surface area is 169 Å². The van der Waals surface area contributed by atoms with Crippen LogP contribution in [0.15, 0.2) is 0 Å². The molecular formula is C21H37N3O4. The van der Waals surface area contributed by atoms with Gasteiger partial charge in [-0.2, -0.15) is 0 Å². The molecule has 0 aromatic rings. The van der Waals surface area contributed by atoms with Crippen molar-refractivity contribution in [2.24, 2.45) is 5.92 Å². The molecule has 0 aromatic carbocycles. The monoisotopic (exact) mass is 395 g/mol. The van der Waals surface area contributed by atoms with Gasteiger partial charge < -0.3 is 19.3 Å². The molecule has 0 bridgehead atoms. The molecule has 2 amide bonds. The van der Waals surface area contributed by atoms with Crippen LogP contribution in [-0.2, 0) is 14.3 Å². The molecule has 3 saturated heterocycles. The lowest BCUT2D eigenvalue weighted by Crippen LogP contribution is -2.54. The van der Waals surface area contributed by atoms with E-state index in [1.807, 2.05) is 30.6 Å². The van der Waals surface area contributed by atoms with E-state index in [0.717, 1.165) is 65.0 Å². The summed E-state index contributed by atoms with van der Waals surface area (Å²) in [4.78, 5) is 31.5. The highest BCUT2D eigenvalue weighted by molar-refractivity contribution is 5.79. The zero-order valence-electron chi connectivity index (χ0n) is 18.0. The van der Waals surface area contributed by atoms with Crippen molar-refractivity contribution >= 4 is 12.0 Å². The number of rotatable bonds is 3. The summed E-state index contributed by atoms with van der Waals surface area (Å²) in [5.74, 6) is 0.433. The average Bonchev–Trinajstić information content (AvgIpc) is 3.17. The normalized spacial score (nSPS) is 29.8. The van der Waals surface area contributed by atoms with Gasteiger partial charge in [0.05, 0.1) is 6.10 Å². The highest BCUT2D eigenvalue weighted by atomic mass is 16.6. The Morgan fingerprint density at radius 1 is 1.04 bits per heavy atom. The van der Waals surface area contributed by atoms with Crippen molar-refractivity contribution in [3.8, 4) is 0 Å². The van der Waals surface area contributed by atoms with Crippen LogP contribution in [0.25, 0.3) is 0 Å². The van der Waals surface area contributed by atoms with Crippen molar-refractivity contribution in [3.05, 3.63) is 0 Å². The predicted molar refractivity (Wildman–Crippen MR) is 107 cm³/mol. The Kier molecular flexibility index (Phi) is 6.86. The van der Waals surface area contributed by atoms with Crippen molar-refractivity contribution in [2.45, 2.75) is 71.1 Å². The summed E-state index contributed by atoms with van der Waals surface area (Å²) < 4.78 is 11.2. The average molecular weight is 396 g/mol. The van der Waals surface area contributed by atoms with E-state index in [0.29, 0.717) is 18.6 Å². The number of nitrogens with zero attached hydrogens (tertiary/aromatic N) is 3. The van der Waals surface area contributed by atoms with Gasteiger partial charge in [-0.3, -0.25) is 9.69 Å². The topological polar surface area (TPSA) is 62.3 Å². The van der Waals surface area contributed by atoms with E-state index >= 15 is 0 Å². The van der Waals surface area contributed by atoms with Crippen molar-refractivity contribution in [2.75, 3.05) is 45.9 Å². The van der Waals surface area contributed by atoms with Gasteiger partial charge in [-0.15, -0.1) is 0 Å². The summed E-state index contributed by atoms with van der Waals surface area (Å²) in [6.07, 6.45) is 3.69. The lowest BCUT2D eigenvalue weighted by molar-refractivity contribution is -0.142. The maximum atomic E-state index is 12.9. The maximum Gasteiger partial charge on any atom is 0.410 e. The first-order chi connectivity index (χ1) is 13.3. The lowest BCUT2D eigenvalue weighted by atomic mass is 9.93. The number of carbonyl (C=O) groups is 2. The Morgan fingerprint density at radius 2 is 1.75 bits per heavy atom. The Bertz CT molecular complexity index is 554. The number of hydrogen-bond donors (Lipinski definition) is 0. The molecule has 0 aliphatic carbocycles. The number of likely N-dealkylation sites (tertiary alicyclic amines) is 1. The first-order valence-corrected chi connectivity index (χ1v) is 10.9. The first kappa shape index (κ1) is 21.4. The minimum Gasteiger partial charge on any atom is -0.444 e. The fourth-order valence-electron chi connectivity index (χ4n) is 4.49. The van der Waals surface area contributed by atoms with Crippen molar-refractivity contribution in [1.82, 2.24) is 14.7 Å². The Morgan fingerprint density at radius 3 is 2.39 bits per heavy atom. The highest BCUT2D eigenvalue weighted by Gasteiger charge is 2.36. The third-order valence-corrected chi connectivity index (χ3v) is 6.13. The van der Waals surface area contributed by atoms with Crippen LogP contribution in [0.2, 0.25) is 0 Å². The van der Waals surface area contributed by atoms with Crippen LogP contribution >= 0.6 is 0 Å². The van der Waals surface area contributed by atoms with Gasteiger partial charge in [-0.25, -0.2) is 4.79 Å². The van der Waals surface area contributed by atoms with E-state index in [2.05, 4.69) is 11.8 Å². The largest absolute Gasteiger partial charge is 0.444 e. The number of hydrogen-bond acceptors (Lipinski definition) is 5. The van der Waals surface area contributed by atoms with Crippen LogP contribution in [0.3, 0.4) is 0 Å². The van der Waals surface area contributed by atoms with Crippen LogP contribution in [-0.4, -0.2) is 90.3 Å². The van der Waals surface area contributed by atoms with Crippen molar-refractivity contribution in [3.63, 3.8) is 0 Å². The third-order valence-electron chi connectivity index (χ3n) is 6.13. The molecule has 3 aliphatic rings. The van der Waals surface area contributed by atoms with E-state index in [1.165, 1.54) is 0 Å². The van der Waals surface area contributed by atoms with E-state index in [-0.39, 0.29) is 18.1 Å². The Hall–Kier alpha value is -1.34. The minimum absolute atomic E-state index is 0.124. The standard InChI is InChI=1S/C21H37N3O4/c1-5-18-14-16(7-13-27-18)19(25)23-11-9-22(10-12-23)17-6-8-24(15-17)20(26)28-21(2,3)4/h16-18H,5-15H2,1-4H3/t16-,17-,18-/m1/s1. The molecule has 3 rings (SSSR count). The van der Waals surface area contributed by atoms with Crippen LogP contribution in [0.5, 0.6) is 0 Å². The van der Waals surface area contributed by atoms with Crippen LogP contribution in [0, 0.1) is 5.92 Å². The molecule has 160 valence electrons. The molecule has 0 unspecified atom stereocenters. The zero-order chi connectivity index (χ0) is 20.3. The maximum absolute atomic E-state index is 12.9. The van der Waals surface area contributed by atoms with Gasteiger partial charge in [0.15, 0.2) is 0 Å². The van der Waals surface area contributed by atoms with Crippen LogP contribution in [0.4, 0.5) is 4.79 Å². The molecule has 3 heterocycles. The van der Waals surface area contributed by atoms with Gasteiger partial charge in [0.25, 0.3) is 0 Å². The van der Waals surface area contributed by atoms with Gasteiger partial charge >= 0.3 is 6.09 Å². The van der Waals surface area contributed by atoms with Gasteiger partial charge in [0, 0.05) is 57.8 Å². The van der Waals surface area contributed by atoms with E-state index in [1.54, 1.807) is 0 Å². The molecule has 0 saturated carbocycles. The molecule has 0 radical (unpaired) electrons. The molecule has 28 heavy (non-hydrogen) atoms. The molecule has 7 heteroatoms. The SMILES string of the molecule is CC[C@@H]1C[C@H](C(=O)N2CCN([C@@H]3CCN(C(=O)OC(C)(C)C)C3)CC2)CCO1. The second kappa shape index (κ2) is 8.99. The molecule has 3 fully saturated rings. The highest BCUT2D eigenvalue weighted by Crippen LogP contribution is 2.25. The summed E-state index contributed by atoms with van der Waals surface area (Å²) in [7, 11) is 0. The zero-order valence-corrected chi connectivity index (χ0v) is 18.0. The smallest absolute Gasteiger partial charge is 0.410 e. The summed E-state index contributed by atoms with van der Waals surface area (Å²) in [5, 5.41) is 0. The molecule has 3 atom stereocenters. The molecule has 0 spiro atoms. The minimum atomic E-state index is -0.456. The van der Waals surface area contributed by atoms with Crippen molar-refractivity contribution < 1.29 is 19.1 Å². The first-order valence-electron chi connectivity index (χ1n) is 10.9. The Balaban J connectivity index is 1.44. The van der Waals surface area contributed by atoms with E-state index in [9.17, 15) is 9.59 Å². The summed E-state index contributed by atoms with van der Waals surface area (Å²) in [5.41, 5.74) is -0.456. The fraction of sp³-hybridized carbons (Fsp3) is 0.905. The predicted octanol–water partition coefficient (Wildman–Crippen LogP) is 2.35. The molecule has 7 nitrogen and oxygen atoms in total. The molecule has 3 aliphatic heterocycles. The van der Waals surface area contributed by atoms with Gasteiger partial charge in [-0.1, -0.05) is 6.92 Å². The van der Waals surface area contributed by atoms with Crippen LogP contribution < -0.4 is 0 Å². The van der Waals surface area contributed by atoms with Gasteiger partial charge in [0.1, 0.15) is 5.60 Å². The number of ether oxygens (including phenoxy) is 2. The molecule has 0 aromatic heterocycles. The lowest BCUT2D eigenvalue weighted by Gasteiger charge is -2.40. The second-order valence-corrected chi connectivity index (χ2v) is 9.35. The number of carbonyl (C=O) groups excluding carboxylic acids is 2. The number of piperazine rings is 1. The second-order valence-electron chi connectivity index (χ2n) is 9.35. The summed E-state index contributed by atoms with van der Waals surface area (Å²) >= 11 is 0. The van der Waals surface area contributed by atoms with Crippen molar-refractivity contribution in [1.29, 1.82) is 0 Å². The quantitative estimate of drug-likeness (QED) is 0.734. The third kappa shape index (κ3) is 5.38. The number of amides is 2. The summed E-state index contributed by atoms with van der Waals surface area (Å²) in [6, 6.07) is 0.373. The van der Waals surface area contributed by atoms with E-state index in [4.69, 9.17) is 9.47 Å². The molecule has 0 N–H and O–H groups in total.